The first-order chi connectivity index (χ1) is 9.61. The summed E-state index contributed by atoms with van der Waals surface area (Å²) in [5.74, 6) is -0.379. The highest BCUT2D eigenvalue weighted by atomic mass is 16.7. The summed E-state index contributed by atoms with van der Waals surface area (Å²) < 4.78 is 5.16. The minimum Gasteiger partial charge on any atom is -0.463 e. The lowest BCUT2D eigenvalue weighted by atomic mass is 9.88. The first-order valence-corrected chi connectivity index (χ1v) is 6.77. The second kappa shape index (κ2) is 6.05. The maximum Gasteiger partial charge on any atom is 0.354 e. The number of nitrogens with two attached hydrogens (primary N) is 1. The molecule has 2 N–H and O–H groups in total. The zero-order valence-corrected chi connectivity index (χ0v) is 11.9. The van der Waals surface area contributed by atoms with Crippen LogP contribution >= 0.6 is 0 Å². The lowest BCUT2D eigenvalue weighted by molar-refractivity contribution is -0.168. The molecule has 1 aromatic rings. The van der Waals surface area contributed by atoms with Crippen LogP contribution in [0.5, 0.6) is 0 Å². The Balaban J connectivity index is 2.25. The van der Waals surface area contributed by atoms with Gasteiger partial charge in [0.2, 0.25) is 5.60 Å². The summed E-state index contributed by atoms with van der Waals surface area (Å²) in [6.45, 7) is 4.39. The van der Waals surface area contributed by atoms with E-state index in [4.69, 9.17) is 15.3 Å². The molecular formula is C15H20N2O3. The number of hydrogen-bond donors (Lipinski definition) is 1. The van der Waals surface area contributed by atoms with E-state index in [1.54, 1.807) is 6.92 Å². The third kappa shape index (κ3) is 2.82. The van der Waals surface area contributed by atoms with E-state index < -0.39 is 5.60 Å². The molecule has 5 nitrogen and oxygen atoms in total. The van der Waals surface area contributed by atoms with Gasteiger partial charge in [-0.2, -0.15) is 0 Å². The highest BCUT2D eigenvalue weighted by Crippen LogP contribution is 2.30. The summed E-state index contributed by atoms with van der Waals surface area (Å²) >= 11 is 0. The summed E-state index contributed by atoms with van der Waals surface area (Å²) in [6, 6.07) is 7.90. The number of esters is 1. The predicted molar refractivity (Wildman–Crippen MR) is 76.4 cm³/mol. The van der Waals surface area contributed by atoms with E-state index in [1.165, 1.54) is 0 Å². The molecule has 0 bridgehead atoms. The van der Waals surface area contributed by atoms with Crippen molar-refractivity contribution in [3.05, 3.63) is 35.4 Å². The van der Waals surface area contributed by atoms with Crippen molar-refractivity contribution in [3.8, 4) is 0 Å². The van der Waals surface area contributed by atoms with E-state index in [0.29, 0.717) is 25.2 Å². The molecule has 0 amide bonds. The normalized spacial score (nSPS) is 21.2. The lowest BCUT2D eigenvalue weighted by Crippen LogP contribution is -2.43. The molecule has 1 atom stereocenters. The van der Waals surface area contributed by atoms with Crippen molar-refractivity contribution in [1.29, 1.82) is 0 Å². The number of nitrogens with zero attached hydrogens (tertiary/aromatic N) is 1. The van der Waals surface area contributed by atoms with Gasteiger partial charge in [0.25, 0.3) is 0 Å². The average molecular weight is 276 g/mol. The number of benzene rings is 1. The van der Waals surface area contributed by atoms with E-state index in [9.17, 15) is 4.79 Å². The second-order valence-electron chi connectivity index (χ2n) is 4.95. The Hall–Kier alpha value is -1.88. The summed E-state index contributed by atoms with van der Waals surface area (Å²) in [4.78, 5) is 17.7. The van der Waals surface area contributed by atoms with Crippen LogP contribution in [0.2, 0.25) is 0 Å². The smallest absolute Gasteiger partial charge is 0.354 e. The van der Waals surface area contributed by atoms with Gasteiger partial charge in [-0.1, -0.05) is 29.4 Å². The topological polar surface area (TPSA) is 73.9 Å². The fraction of sp³-hybridized carbons (Fsp3) is 0.467. The molecule has 5 heteroatoms. The Labute approximate surface area is 118 Å². The first-order valence-electron chi connectivity index (χ1n) is 6.77. The molecule has 20 heavy (non-hydrogen) atoms. The minimum absolute atomic E-state index is 0.287. The molecule has 0 radical (unpaired) electrons. The van der Waals surface area contributed by atoms with Gasteiger partial charge in [-0.25, -0.2) is 4.79 Å². The molecule has 0 fully saturated rings. The highest BCUT2D eigenvalue weighted by molar-refractivity contribution is 5.95. The molecule has 1 aliphatic heterocycles. The molecule has 0 aromatic heterocycles. The van der Waals surface area contributed by atoms with Gasteiger partial charge in [0.1, 0.15) is 0 Å². The van der Waals surface area contributed by atoms with Gasteiger partial charge in [0, 0.05) is 19.4 Å². The number of carbonyl (C=O) groups is 1. The minimum atomic E-state index is -1.07. The molecule has 1 aliphatic rings. The van der Waals surface area contributed by atoms with E-state index in [1.807, 2.05) is 31.2 Å². The van der Waals surface area contributed by atoms with Gasteiger partial charge in [-0.15, -0.1) is 0 Å². The van der Waals surface area contributed by atoms with Crippen LogP contribution in [0.25, 0.3) is 0 Å². The SMILES string of the molecule is CCOC(=O)C1(Cc2ccccc2C)CC(CN)=NO1. The van der Waals surface area contributed by atoms with Crippen molar-refractivity contribution >= 4 is 11.7 Å². The standard InChI is InChI=1S/C15H20N2O3/c1-3-19-14(18)15(9-13(10-16)17-20-15)8-12-7-5-4-6-11(12)2/h4-7H,3,8-10,16H2,1-2H3. The Morgan fingerprint density at radius 1 is 1.50 bits per heavy atom. The number of oxime groups is 1. The maximum atomic E-state index is 12.3. The Morgan fingerprint density at radius 3 is 2.85 bits per heavy atom. The van der Waals surface area contributed by atoms with E-state index in [2.05, 4.69) is 5.16 Å². The summed E-state index contributed by atoms with van der Waals surface area (Å²) in [6.07, 6.45) is 0.822. The number of rotatable bonds is 5. The lowest BCUT2D eigenvalue weighted by Gasteiger charge is -2.25. The van der Waals surface area contributed by atoms with Crippen molar-refractivity contribution in [2.75, 3.05) is 13.2 Å². The predicted octanol–water partition coefficient (Wildman–Crippen LogP) is 1.57. The second-order valence-corrected chi connectivity index (χ2v) is 4.95. The van der Waals surface area contributed by atoms with Gasteiger partial charge >= 0.3 is 5.97 Å². The summed E-state index contributed by atoms with van der Waals surface area (Å²) in [5.41, 5.74) is 7.37. The van der Waals surface area contributed by atoms with Crippen molar-refractivity contribution in [2.45, 2.75) is 32.3 Å². The third-order valence-corrected chi connectivity index (χ3v) is 3.46. The number of hydrogen-bond acceptors (Lipinski definition) is 5. The Bertz CT molecular complexity index is 528. The van der Waals surface area contributed by atoms with E-state index in [0.717, 1.165) is 11.1 Å². The molecule has 1 heterocycles. The largest absolute Gasteiger partial charge is 0.463 e. The molecule has 108 valence electrons. The maximum absolute atomic E-state index is 12.3. The molecular weight excluding hydrogens is 256 g/mol. The molecule has 0 saturated heterocycles. The molecule has 0 aliphatic carbocycles. The van der Waals surface area contributed by atoms with Crippen LogP contribution in [0, 0.1) is 6.92 Å². The van der Waals surface area contributed by atoms with Crippen LogP contribution in [-0.2, 0) is 20.8 Å². The fourth-order valence-corrected chi connectivity index (χ4v) is 2.31. The van der Waals surface area contributed by atoms with Gasteiger partial charge < -0.3 is 15.3 Å². The summed E-state index contributed by atoms with van der Waals surface area (Å²) in [5, 5.41) is 3.93. The van der Waals surface area contributed by atoms with E-state index >= 15 is 0 Å². The van der Waals surface area contributed by atoms with E-state index in [-0.39, 0.29) is 12.5 Å². The van der Waals surface area contributed by atoms with Gasteiger partial charge in [-0.3, -0.25) is 0 Å². The Kier molecular flexibility index (Phi) is 4.39. The quantitative estimate of drug-likeness (QED) is 0.828. The van der Waals surface area contributed by atoms with Crippen molar-refractivity contribution in [3.63, 3.8) is 0 Å². The number of carbonyl (C=O) groups excluding carboxylic acids is 1. The van der Waals surface area contributed by atoms with Crippen LogP contribution in [0.15, 0.2) is 29.4 Å². The summed E-state index contributed by atoms with van der Waals surface area (Å²) in [7, 11) is 0. The average Bonchev–Trinajstić information content (AvgIpc) is 2.86. The monoisotopic (exact) mass is 276 g/mol. The zero-order valence-electron chi connectivity index (χ0n) is 11.9. The van der Waals surface area contributed by atoms with Crippen LogP contribution in [0.3, 0.4) is 0 Å². The number of ether oxygens (including phenoxy) is 1. The molecule has 0 spiro atoms. The van der Waals surface area contributed by atoms with Crippen LogP contribution in [0.1, 0.15) is 24.5 Å². The van der Waals surface area contributed by atoms with Gasteiger partial charge in [-0.05, 0) is 25.0 Å². The highest BCUT2D eigenvalue weighted by Gasteiger charge is 2.47. The Morgan fingerprint density at radius 2 is 2.25 bits per heavy atom. The molecule has 0 saturated carbocycles. The van der Waals surface area contributed by atoms with Crippen molar-refractivity contribution < 1.29 is 14.4 Å². The van der Waals surface area contributed by atoms with Crippen LogP contribution < -0.4 is 5.73 Å². The van der Waals surface area contributed by atoms with Crippen molar-refractivity contribution in [2.24, 2.45) is 10.9 Å². The van der Waals surface area contributed by atoms with Gasteiger partial charge in [0.05, 0.1) is 12.3 Å². The zero-order chi connectivity index (χ0) is 14.6. The third-order valence-electron chi connectivity index (χ3n) is 3.46. The first kappa shape index (κ1) is 14.5. The molecule has 1 aromatic carbocycles. The van der Waals surface area contributed by atoms with Gasteiger partial charge in [0.15, 0.2) is 0 Å². The van der Waals surface area contributed by atoms with Crippen LogP contribution in [0.4, 0.5) is 0 Å². The number of aryl methyl sites for hydroxylation is 1. The van der Waals surface area contributed by atoms with Crippen molar-refractivity contribution in [1.82, 2.24) is 0 Å². The molecule has 2 rings (SSSR count). The van der Waals surface area contributed by atoms with Crippen LogP contribution in [-0.4, -0.2) is 30.4 Å². The molecule has 1 unspecified atom stereocenters. The fourth-order valence-electron chi connectivity index (χ4n) is 2.31.